The van der Waals surface area contributed by atoms with Crippen LogP contribution in [0.4, 0.5) is 33.3 Å². The van der Waals surface area contributed by atoms with E-state index >= 15 is 0 Å². The van der Waals surface area contributed by atoms with E-state index in [1.165, 1.54) is 75.0 Å². The quantitative estimate of drug-likeness (QED) is 0.0181. The zero-order chi connectivity index (χ0) is 106. The normalized spacial score (nSPS) is 10.7. The van der Waals surface area contributed by atoms with E-state index in [1.807, 2.05) is 140 Å². The Labute approximate surface area is 839 Å². The fraction of sp³-hybridized carbons (Fsp3) is 0.0261. The Bertz CT molecular complexity index is 8380. The van der Waals surface area contributed by atoms with Gasteiger partial charge in [0.1, 0.15) is 5.75 Å². The molecule has 0 atom stereocenters. The molecule has 0 saturated carbocycles. The lowest BCUT2D eigenvalue weighted by molar-refractivity contribution is -0.386. The predicted octanol–water partition coefficient (Wildman–Crippen LogP) is 25.1. The molecule has 21 aromatic rings. The smallest absolute Gasteiger partial charge is 0.420 e. The zero-order valence-electron chi connectivity index (χ0n) is 77.7. The van der Waals surface area contributed by atoms with E-state index in [4.69, 9.17) is 9.47 Å². The molecule has 0 saturated heterocycles. The predicted molar refractivity (Wildman–Crippen MR) is 551 cm³/mol. The van der Waals surface area contributed by atoms with Gasteiger partial charge in [0.25, 0.3) is 0 Å². The summed E-state index contributed by atoms with van der Waals surface area (Å²) in [4.78, 5) is 127. The van der Waals surface area contributed by atoms with Gasteiger partial charge in [0.2, 0.25) is 11.5 Å². The number of nitro groups is 2. The molecule has 0 aliphatic heterocycles. The van der Waals surface area contributed by atoms with Crippen molar-refractivity contribution in [3.05, 3.63) is 418 Å². The number of aromatic nitrogens is 7. The third-order valence-corrected chi connectivity index (χ3v) is 23.6. The van der Waals surface area contributed by atoms with Gasteiger partial charge in [-0.2, -0.15) is 13.2 Å². The topological polar surface area (TPSA) is 456 Å². The number of phenols is 7. The van der Waals surface area contributed by atoms with Gasteiger partial charge in [-0.05, 0) is 186 Å². The molecule has 0 unspecified atom stereocenters. The monoisotopic (exact) mass is 2000 g/mol. The van der Waals surface area contributed by atoms with E-state index in [2.05, 4.69) is 34.9 Å². The number of halogens is 5. The first-order valence-corrected chi connectivity index (χ1v) is 44.4. The van der Waals surface area contributed by atoms with Crippen LogP contribution in [0.3, 0.4) is 0 Å². The Hall–Kier alpha value is -20.7. The van der Waals surface area contributed by atoms with Crippen molar-refractivity contribution < 1.29 is 111 Å². The first-order valence-electron chi connectivity index (χ1n) is 44.4. The maximum absolute atomic E-state index is 13.7. The van der Waals surface area contributed by atoms with Crippen LogP contribution in [0.1, 0.15) is 78.1 Å². The number of nitro benzene ring substituents is 2. The van der Waals surface area contributed by atoms with E-state index in [0.717, 1.165) is 104 Å². The van der Waals surface area contributed by atoms with Crippen LogP contribution >= 0.6 is 0 Å². The van der Waals surface area contributed by atoms with Crippen molar-refractivity contribution in [2.24, 2.45) is 0 Å². The molecule has 0 amide bonds. The Morgan fingerprint density at radius 2 is 0.523 bits per heavy atom. The number of benzene rings is 14. The molecule has 7 aromatic heterocycles. The number of hydrogen-bond donors (Lipinski definition) is 7. The van der Waals surface area contributed by atoms with Crippen LogP contribution in [0.5, 0.6) is 51.7 Å². The third kappa shape index (κ3) is 22.5. The van der Waals surface area contributed by atoms with Crippen molar-refractivity contribution in [3.63, 3.8) is 0 Å². The van der Waals surface area contributed by atoms with Gasteiger partial charge in [-0.1, -0.05) is 152 Å². The Morgan fingerprint density at radius 3 is 0.819 bits per heavy atom. The number of ether oxygens (including phenoxy) is 2. The van der Waals surface area contributed by atoms with Gasteiger partial charge in [-0.25, -0.2) is 8.78 Å². The first kappa shape index (κ1) is 103. The second-order valence-electron chi connectivity index (χ2n) is 32.4. The van der Waals surface area contributed by atoms with Crippen LogP contribution in [0.15, 0.2) is 341 Å². The zero-order valence-corrected chi connectivity index (χ0v) is 77.7. The molecule has 0 radical (unpaired) electrons. The molecule has 21 rings (SSSR count). The van der Waals surface area contributed by atoms with Gasteiger partial charge in [0.05, 0.1) is 85.1 Å². The summed E-state index contributed by atoms with van der Waals surface area (Å²) in [5.74, 6) is -4.96. The fourth-order valence-corrected chi connectivity index (χ4v) is 16.4. The van der Waals surface area contributed by atoms with Crippen molar-refractivity contribution >= 4 is 131 Å². The van der Waals surface area contributed by atoms with Crippen LogP contribution in [0.25, 0.3) is 154 Å². The lowest BCUT2D eigenvalue weighted by atomic mass is 9.96. The number of rotatable bonds is 18. The van der Waals surface area contributed by atoms with Crippen LogP contribution in [-0.4, -0.2) is 139 Å². The molecular formula is C115H76F5N9O20. The highest BCUT2D eigenvalue weighted by atomic mass is 19.4. The second-order valence-corrected chi connectivity index (χ2v) is 32.4. The van der Waals surface area contributed by atoms with Crippen molar-refractivity contribution in [1.82, 2.24) is 34.9 Å². The van der Waals surface area contributed by atoms with Crippen molar-refractivity contribution in [2.75, 3.05) is 14.2 Å². The highest BCUT2D eigenvalue weighted by Gasteiger charge is 2.36. The Kier molecular flexibility index (Phi) is 31.6. The van der Waals surface area contributed by atoms with Gasteiger partial charge in [0, 0.05) is 140 Å². The minimum absolute atomic E-state index is 0.0686. The van der Waals surface area contributed by atoms with E-state index in [0.29, 0.717) is 87.6 Å². The van der Waals surface area contributed by atoms with E-state index in [-0.39, 0.29) is 68.2 Å². The molecule has 736 valence electrons. The maximum atomic E-state index is 13.7. The van der Waals surface area contributed by atoms with Gasteiger partial charge in [-0.3, -0.25) is 88.7 Å². The number of fused-ring (bicyclic) bond motifs is 7. The van der Waals surface area contributed by atoms with Crippen LogP contribution in [-0.2, 0) is 6.18 Å². The summed E-state index contributed by atoms with van der Waals surface area (Å²) >= 11 is 0. The molecule has 0 aliphatic carbocycles. The number of nitrogens with zero attached hydrogens (tertiary/aromatic N) is 9. The van der Waals surface area contributed by atoms with Gasteiger partial charge >= 0.3 is 17.6 Å². The first-order chi connectivity index (χ1) is 72.0. The minimum Gasteiger partial charge on any atom is -0.507 e. The third-order valence-electron chi connectivity index (χ3n) is 23.6. The lowest BCUT2D eigenvalue weighted by Crippen LogP contribution is -2.07. The van der Waals surface area contributed by atoms with Crippen LogP contribution < -0.4 is 9.47 Å². The average Bonchev–Trinajstić information content (AvgIpc) is 0.775. The summed E-state index contributed by atoms with van der Waals surface area (Å²) < 4.78 is 76.9. The number of pyridine rings is 7. The molecule has 0 spiro atoms. The molecule has 0 aliphatic rings. The summed E-state index contributed by atoms with van der Waals surface area (Å²) in [5, 5.41) is 99.7. The molecular weight excluding hydrogens is 1920 g/mol. The lowest BCUT2D eigenvalue weighted by Gasteiger charge is -2.14. The van der Waals surface area contributed by atoms with Crippen molar-refractivity contribution in [2.45, 2.75) is 6.18 Å². The van der Waals surface area contributed by atoms with Crippen LogP contribution in [0.2, 0.25) is 0 Å². The van der Waals surface area contributed by atoms with Gasteiger partial charge in [0.15, 0.2) is 90.1 Å². The molecule has 0 bridgehead atoms. The number of carbonyl (C=O) groups is 7. The summed E-state index contributed by atoms with van der Waals surface area (Å²) in [7, 11) is 2.91. The van der Waals surface area contributed by atoms with Crippen molar-refractivity contribution in [3.8, 4) is 130 Å². The molecule has 149 heavy (non-hydrogen) atoms. The van der Waals surface area contributed by atoms with E-state index < -0.39 is 78.9 Å². The molecule has 7 heterocycles. The van der Waals surface area contributed by atoms with Gasteiger partial charge in [-0.15, -0.1) is 0 Å². The molecule has 14 aromatic carbocycles. The number of alkyl halides is 3. The largest absolute Gasteiger partial charge is 0.507 e. The Balaban J connectivity index is 0.000000130. The fourth-order valence-electron chi connectivity index (χ4n) is 16.4. The summed E-state index contributed by atoms with van der Waals surface area (Å²) in [6.45, 7) is 0. The number of phenolic OH excluding ortho intramolecular Hbond substituents is 7. The number of hydrogen-bond acceptors (Lipinski definition) is 27. The maximum Gasteiger partial charge on any atom is 0.420 e. The highest BCUT2D eigenvalue weighted by Crippen LogP contribution is 2.46. The Morgan fingerprint density at radius 1 is 0.275 bits per heavy atom. The number of methoxy groups -OCH3 is 2. The average molecular weight is 2000 g/mol. The van der Waals surface area contributed by atoms with Crippen LogP contribution in [0, 0.1) is 31.9 Å². The summed E-state index contributed by atoms with van der Waals surface area (Å²) in [5.41, 5.74) is 8.54. The number of carbonyl (C=O) groups excluding carboxylic acids is 7. The molecule has 7 N–H and O–H groups in total. The van der Waals surface area contributed by atoms with Crippen molar-refractivity contribution in [1.29, 1.82) is 0 Å². The molecule has 34 heteroatoms. The van der Waals surface area contributed by atoms with E-state index in [1.54, 1.807) is 135 Å². The number of aldehydes is 7. The molecule has 0 fully saturated rings. The highest BCUT2D eigenvalue weighted by molar-refractivity contribution is 6.05. The summed E-state index contributed by atoms with van der Waals surface area (Å²) in [6.07, 6.45) is 16.6. The standard InChI is InChI=1S/C17H10F3NO2.2C17H13NO3.2C16H10FNO2.2C16H10N2O4/c18-17(19,20)15-6-11(5-12(9-22)16(15)23)14-8-21-7-10-3-1-2-4-13(10)14;1-21-16-9-11(8-12(10-19)17(16)20)13-4-2-6-15-14(13)5-3-7-18-15;1-21-16-7-12(6-13(10-19)17(16)20)15-9-18-8-11-4-2-3-5-14(11)15;17-14-8-10(7-11(9-19)16(14)20)12-3-1-5-15-13(12)4-2-6-18-15;17-15-6-11(5-12(9-19)16(15)20)14-8-18-7-10-3-1-2-4-13(10)14;19-9-11-7-10(8-15(16(11)20)18(21)22)12-3-1-5-14-13(12)4-2-6-17-14;19-9-12-5-11(6-15(16(12)20)18(21)22)14-8-17-7-10-3-1-2-4-13(10)14/h1-9,23H;2*2-10,20H,1H3;2*1-9,20H;2*1-9,20H. The minimum atomic E-state index is -4.77. The second kappa shape index (κ2) is 45.9. The summed E-state index contributed by atoms with van der Waals surface area (Å²) in [6, 6.07) is 77.2. The molecule has 29 nitrogen and oxygen atoms in total. The van der Waals surface area contributed by atoms with E-state index in [9.17, 15) is 111 Å². The SMILES string of the molecule is COc1cc(-c2cccc3ncccc23)cc(C=O)c1O.COc1cc(-c2cncc3ccccc23)cc(C=O)c1O.O=Cc1cc(-c2cccc3ncccc23)cc(F)c1O.O=Cc1cc(-c2cccc3ncccc23)cc([N+](=O)[O-])c1O.O=Cc1cc(-c2cncc3ccccc23)cc(C(F)(F)F)c1O.O=Cc1cc(-c2cncc3ccccc23)cc(F)c1O.O=Cc1cc(-c2cncc3ccccc23)cc([N+](=O)[O-])c1O. The number of aromatic hydroxyl groups is 7. The van der Waals surface area contributed by atoms with Gasteiger partial charge < -0.3 is 45.2 Å².